The van der Waals surface area contributed by atoms with E-state index in [1.807, 2.05) is 50.2 Å². The van der Waals surface area contributed by atoms with E-state index in [0.29, 0.717) is 36.3 Å². The summed E-state index contributed by atoms with van der Waals surface area (Å²) < 4.78 is 50.3. The second-order valence-corrected chi connectivity index (χ2v) is 10.2. The van der Waals surface area contributed by atoms with Crippen molar-refractivity contribution in [2.24, 2.45) is 5.92 Å². The standard InChI is InChI=1S/C27H33F3O5/c1-26(2,35-17-8-4-3-5-9-17)22(32)14-12-18-20(31)15-21-24(18)19-10-6-7-16(25(19)34-21)11-13-23(33)27(28,29)30/h3-10,18,20-24,31-33H,11-15H2,1-2H3/t18-,20+,21-,22+,23?,24-/m0/s1. The maximum absolute atomic E-state index is 12.7. The number of fused-ring (bicyclic) bond motifs is 3. The molecule has 4 rings (SSSR count). The first-order chi connectivity index (χ1) is 16.5. The number of aliphatic hydroxyl groups excluding tert-OH is 3. The van der Waals surface area contributed by atoms with Gasteiger partial charge in [0.15, 0.2) is 0 Å². The van der Waals surface area contributed by atoms with Gasteiger partial charge < -0.3 is 24.8 Å². The third-order valence-electron chi connectivity index (χ3n) is 7.35. The zero-order chi connectivity index (χ0) is 25.4. The van der Waals surface area contributed by atoms with E-state index in [2.05, 4.69) is 0 Å². The average Bonchev–Trinajstić information content (AvgIpc) is 3.30. The molecule has 0 aromatic heterocycles. The van der Waals surface area contributed by atoms with Crippen LogP contribution in [0.2, 0.25) is 0 Å². The summed E-state index contributed by atoms with van der Waals surface area (Å²) in [6, 6.07) is 14.7. The Labute approximate surface area is 203 Å². The zero-order valence-electron chi connectivity index (χ0n) is 19.9. The van der Waals surface area contributed by atoms with Crippen molar-refractivity contribution in [3.63, 3.8) is 0 Å². The largest absolute Gasteiger partial charge is 0.489 e. The van der Waals surface area contributed by atoms with Crippen LogP contribution in [-0.2, 0) is 6.42 Å². The molecule has 0 spiro atoms. The summed E-state index contributed by atoms with van der Waals surface area (Å²) in [5.41, 5.74) is 0.677. The van der Waals surface area contributed by atoms with Gasteiger partial charge in [0.25, 0.3) is 0 Å². The van der Waals surface area contributed by atoms with Crippen molar-refractivity contribution in [3.8, 4) is 11.5 Å². The van der Waals surface area contributed by atoms with Crippen molar-refractivity contribution < 1.29 is 38.0 Å². The smallest absolute Gasteiger partial charge is 0.414 e. The molecule has 1 fully saturated rings. The van der Waals surface area contributed by atoms with Crippen LogP contribution in [0.3, 0.4) is 0 Å². The molecule has 0 saturated heterocycles. The van der Waals surface area contributed by atoms with Crippen molar-refractivity contribution >= 4 is 0 Å². The Kier molecular flexibility index (Phi) is 7.36. The number of ether oxygens (including phenoxy) is 2. The number of hydrogen-bond acceptors (Lipinski definition) is 5. The predicted molar refractivity (Wildman–Crippen MR) is 124 cm³/mol. The lowest BCUT2D eigenvalue weighted by atomic mass is 9.82. The third-order valence-corrected chi connectivity index (χ3v) is 7.35. The van der Waals surface area contributed by atoms with Crippen molar-refractivity contribution in [2.45, 2.75) is 88.1 Å². The molecular formula is C27H33F3O5. The molecule has 1 saturated carbocycles. The Morgan fingerprint density at radius 2 is 1.71 bits per heavy atom. The van der Waals surface area contributed by atoms with Crippen LogP contribution in [0, 0.1) is 5.92 Å². The molecule has 1 aliphatic heterocycles. The number of para-hydroxylation sites is 2. The van der Waals surface area contributed by atoms with Gasteiger partial charge in [0.1, 0.15) is 29.3 Å². The zero-order valence-corrected chi connectivity index (χ0v) is 19.9. The number of benzene rings is 2. The number of alkyl halides is 3. The molecule has 1 heterocycles. The van der Waals surface area contributed by atoms with Crippen molar-refractivity contribution in [1.29, 1.82) is 0 Å². The average molecular weight is 495 g/mol. The molecule has 0 bridgehead atoms. The second-order valence-electron chi connectivity index (χ2n) is 10.2. The van der Waals surface area contributed by atoms with Gasteiger partial charge in [-0.05, 0) is 63.1 Å². The maximum Gasteiger partial charge on any atom is 0.414 e. The Morgan fingerprint density at radius 1 is 1.00 bits per heavy atom. The van der Waals surface area contributed by atoms with Gasteiger partial charge in [0, 0.05) is 17.9 Å². The topological polar surface area (TPSA) is 79.2 Å². The van der Waals surface area contributed by atoms with E-state index in [1.54, 1.807) is 12.1 Å². The highest BCUT2D eigenvalue weighted by atomic mass is 19.4. The summed E-state index contributed by atoms with van der Waals surface area (Å²) in [6.07, 6.45) is -7.67. The highest BCUT2D eigenvalue weighted by Crippen LogP contribution is 2.53. The molecule has 5 nitrogen and oxygen atoms in total. The third kappa shape index (κ3) is 5.60. The Balaban J connectivity index is 1.43. The molecule has 3 N–H and O–H groups in total. The molecule has 1 aliphatic carbocycles. The van der Waals surface area contributed by atoms with Gasteiger partial charge >= 0.3 is 6.18 Å². The first kappa shape index (κ1) is 25.8. The summed E-state index contributed by atoms with van der Waals surface area (Å²) in [5, 5.41) is 31.0. The van der Waals surface area contributed by atoms with Gasteiger partial charge in [-0.25, -0.2) is 0 Å². The van der Waals surface area contributed by atoms with E-state index in [0.717, 1.165) is 5.56 Å². The van der Waals surface area contributed by atoms with Crippen LogP contribution in [-0.4, -0.2) is 51.5 Å². The summed E-state index contributed by atoms with van der Waals surface area (Å²) in [4.78, 5) is 0. The molecule has 6 atom stereocenters. The number of rotatable bonds is 9. The highest BCUT2D eigenvalue weighted by Gasteiger charge is 2.50. The van der Waals surface area contributed by atoms with Crippen LogP contribution in [0.25, 0.3) is 0 Å². The van der Waals surface area contributed by atoms with Crippen LogP contribution >= 0.6 is 0 Å². The number of halogens is 3. The fourth-order valence-electron chi connectivity index (χ4n) is 5.37. The minimum absolute atomic E-state index is 0.0419. The number of hydrogen-bond donors (Lipinski definition) is 3. The van der Waals surface area contributed by atoms with E-state index in [-0.39, 0.29) is 24.4 Å². The lowest BCUT2D eigenvalue weighted by Gasteiger charge is -2.33. The van der Waals surface area contributed by atoms with Crippen molar-refractivity contribution in [1.82, 2.24) is 0 Å². The first-order valence-electron chi connectivity index (χ1n) is 12.1. The monoisotopic (exact) mass is 494 g/mol. The predicted octanol–water partition coefficient (Wildman–Crippen LogP) is 4.77. The van der Waals surface area contributed by atoms with E-state index in [9.17, 15) is 28.5 Å². The molecule has 2 aromatic carbocycles. The fourth-order valence-corrected chi connectivity index (χ4v) is 5.37. The maximum atomic E-state index is 12.7. The van der Waals surface area contributed by atoms with E-state index >= 15 is 0 Å². The van der Waals surface area contributed by atoms with E-state index < -0.39 is 36.5 Å². The SMILES string of the molecule is CC(C)(Oc1ccccc1)[C@H](O)CC[C@@H]1[C@H]2c3cccc(CCC(O)C(F)(F)F)c3O[C@H]2C[C@H]1O. The van der Waals surface area contributed by atoms with Gasteiger partial charge in [0.2, 0.25) is 0 Å². The van der Waals surface area contributed by atoms with Crippen LogP contribution in [0.4, 0.5) is 13.2 Å². The highest BCUT2D eigenvalue weighted by molar-refractivity contribution is 5.49. The second kappa shape index (κ2) is 9.99. The fraction of sp³-hybridized carbons (Fsp3) is 0.556. The van der Waals surface area contributed by atoms with Gasteiger partial charge in [-0.3, -0.25) is 0 Å². The molecule has 2 aliphatic rings. The minimum Gasteiger partial charge on any atom is -0.489 e. The first-order valence-corrected chi connectivity index (χ1v) is 12.1. The molecule has 8 heteroatoms. The number of aliphatic hydroxyl groups is 3. The Hall–Kier alpha value is -2.29. The quantitative estimate of drug-likeness (QED) is 0.468. The van der Waals surface area contributed by atoms with E-state index in [4.69, 9.17) is 9.47 Å². The van der Waals surface area contributed by atoms with Crippen LogP contribution < -0.4 is 9.47 Å². The van der Waals surface area contributed by atoms with Gasteiger partial charge in [0.05, 0.1) is 12.2 Å². The van der Waals surface area contributed by atoms with Crippen molar-refractivity contribution in [3.05, 3.63) is 59.7 Å². The van der Waals surface area contributed by atoms with E-state index in [1.165, 1.54) is 0 Å². The summed E-state index contributed by atoms with van der Waals surface area (Å²) in [7, 11) is 0. The molecule has 1 unspecified atom stereocenters. The van der Waals surface area contributed by atoms with Crippen molar-refractivity contribution in [2.75, 3.05) is 0 Å². The van der Waals surface area contributed by atoms with Crippen LogP contribution in [0.15, 0.2) is 48.5 Å². The molecule has 35 heavy (non-hydrogen) atoms. The lowest BCUT2D eigenvalue weighted by molar-refractivity contribution is -0.205. The number of aryl methyl sites for hydroxylation is 1. The summed E-state index contributed by atoms with van der Waals surface area (Å²) in [6.45, 7) is 3.66. The van der Waals surface area contributed by atoms with Gasteiger partial charge in [-0.2, -0.15) is 13.2 Å². The molecule has 0 radical (unpaired) electrons. The summed E-state index contributed by atoms with van der Waals surface area (Å²) in [5.74, 6) is 0.984. The lowest BCUT2D eigenvalue weighted by Crippen LogP contribution is -2.42. The normalized spacial score (nSPS) is 25.5. The molecule has 192 valence electrons. The molecule has 2 aromatic rings. The summed E-state index contributed by atoms with van der Waals surface area (Å²) >= 11 is 0. The van der Waals surface area contributed by atoms with Crippen LogP contribution in [0.5, 0.6) is 11.5 Å². The van der Waals surface area contributed by atoms with Gasteiger partial charge in [-0.1, -0.05) is 36.4 Å². The molecule has 0 amide bonds. The van der Waals surface area contributed by atoms with Gasteiger partial charge in [-0.15, -0.1) is 0 Å². The minimum atomic E-state index is -4.65. The Bertz CT molecular complexity index is 994. The Morgan fingerprint density at radius 3 is 2.40 bits per heavy atom. The molecular weight excluding hydrogens is 461 g/mol. The van der Waals surface area contributed by atoms with Crippen LogP contribution in [0.1, 0.15) is 56.6 Å².